The van der Waals surface area contributed by atoms with E-state index in [4.69, 9.17) is 14.0 Å². The van der Waals surface area contributed by atoms with E-state index in [1.165, 1.54) is 6.07 Å². The van der Waals surface area contributed by atoms with Gasteiger partial charge in [-0.1, -0.05) is 17.3 Å². The molecule has 0 unspecified atom stereocenters. The molecule has 0 aliphatic carbocycles. The van der Waals surface area contributed by atoms with Crippen molar-refractivity contribution in [2.24, 2.45) is 0 Å². The van der Waals surface area contributed by atoms with Crippen LogP contribution in [0.15, 0.2) is 40.9 Å². The SMILES string of the molecule is COc1cc(OC)cc(C(=O)N2CCN(Cc3nc(-c4ccc(C)c(F)c4)no3)CC2)c1. The molecule has 2 heterocycles. The number of aromatic nitrogens is 2. The van der Waals surface area contributed by atoms with E-state index in [1.54, 1.807) is 56.4 Å². The Labute approximate surface area is 185 Å². The molecule has 3 aromatic rings. The average Bonchev–Trinajstić information content (AvgIpc) is 3.29. The minimum absolute atomic E-state index is 0.0664. The van der Waals surface area contributed by atoms with E-state index < -0.39 is 0 Å². The summed E-state index contributed by atoms with van der Waals surface area (Å²) in [6.45, 7) is 4.66. The Hall–Kier alpha value is -3.46. The van der Waals surface area contributed by atoms with Crippen molar-refractivity contribution in [3.8, 4) is 22.9 Å². The summed E-state index contributed by atoms with van der Waals surface area (Å²) < 4.78 is 29.7. The lowest BCUT2D eigenvalue weighted by molar-refractivity contribution is 0.0614. The maximum absolute atomic E-state index is 13.8. The number of hydrogen-bond acceptors (Lipinski definition) is 7. The standard InChI is InChI=1S/C23H25FN4O4/c1-15-4-5-16(12-20(15)24)22-25-21(32-26-22)14-27-6-8-28(9-7-27)23(29)17-10-18(30-2)13-19(11-17)31-3/h4-5,10-13H,6-9,14H2,1-3H3. The molecule has 2 aromatic carbocycles. The molecule has 8 nitrogen and oxygen atoms in total. The molecular weight excluding hydrogens is 415 g/mol. The van der Waals surface area contributed by atoms with Crippen molar-refractivity contribution in [3.63, 3.8) is 0 Å². The van der Waals surface area contributed by atoms with Crippen molar-refractivity contribution < 1.29 is 23.2 Å². The van der Waals surface area contributed by atoms with Crippen molar-refractivity contribution in [1.82, 2.24) is 19.9 Å². The highest BCUT2D eigenvalue weighted by atomic mass is 19.1. The van der Waals surface area contributed by atoms with Crippen LogP contribution in [0.5, 0.6) is 11.5 Å². The Bertz CT molecular complexity index is 1090. The van der Waals surface area contributed by atoms with Crippen LogP contribution in [0.4, 0.5) is 4.39 Å². The van der Waals surface area contributed by atoms with Gasteiger partial charge in [0, 0.05) is 43.4 Å². The van der Waals surface area contributed by atoms with Crippen molar-refractivity contribution in [1.29, 1.82) is 0 Å². The number of piperazine rings is 1. The summed E-state index contributed by atoms with van der Waals surface area (Å²) in [6, 6.07) is 10.0. The van der Waals surface area contributed by atoms with E-state index in [-0.39, 0.29) is 11.7 Å². The van der Waals surface area contributed by atoms with Gasteiger partial charge in [-0.05, 0) is 30.7 Å². The molecule has 0 N–H and O–H groups in total. The largest absolute Gasteiger partial charge is 0.497 e. The summed E-state index contributed by atoms with van der Waals surface area (Å²) in [5.74, 6) is 1.60. The number of benzene rings is 2. The van der Waals surface area contributed by atoms with Gasteiger partial charge in [0.2, 0.25) is 11.7 Å². The molecule has 0 saturated carbocycles. The summed E-state index contributed by atoms with van der Waals surface area (Å²) in [4.78, 5) is 21.3. The van der Waals surface area contributed by atoms with Crippen molar-refractivity contribution in [3.05, 3.63) is 59.2 Å². The average molecular weight is 440 g/mol. The van der Waals surface area contributed by atoms with Crippen LogP contribution in [0.3, 0.4) is 0 Å². The summed E-state index contributed by atoms with van der Waals surface area (Å²) in [6.07, 6.45) is 0. The molecule has 1 saturated heterocycles. The third-order valence-electron chi connectivity index (χ3n) is 5.51. The minimum Gasteiger partial charge on any atom is -0.497 e. The number of nitrogens with zero attached hydrogens (tertiary/aromatic N) is 4. The zero-order chi connectivity index (χ0) is 22.7. The molecule has 0 bridgehead atoms. The molecule has 32 heavy (non-hydrogen) atoms. The van der Waals surface area contributed by atoms with Gasteiger partial charge in [-0.2, -0.15) is 4.98 Å². The second kappa shape index (κ2) is 9.35. The van der Waals surface area contributed by atoms with Crippen LogP contribution in [0.2, 0.25) is 0 Å². The third kappa shape index (κ3) is 4.72. The van der Waals surface area contributed by atoms with Gasteiger partial charge in [-0.25, -0.2) is 4.39 Å². The summed E-state index contributed by atoms with van der Waals surface area (Å²) in [7, 11) is 3.11. The maximum atomic E-state index is 13.8. The van der Waals surface area contributed by atoms with Crippen LogP contribution in [-0.2, 0) is 6.54 Å². The first-order valence-electron chi connectivity index (χ1n) is 10.3. The smallest absolute Gasteiger partial charge is 0.254 e. The maximum Gasteiger partial charge on any atom is 0.254 e. The van der Waals surface area contributed by atoms with Gasteiger partial charge in [0.05, 0.1) is 20.8 Å². The molecular formula is C23H25FN4O4. The van der Waals surface area contributed by atoms with Gasteiger partial charge in [-0.3, -0.25) is 9.69 Å². The van der Waals surface area contributed by atoms with E-state index in [1.807, 2.05) is 0 Å². The molecule has 4 rings (SSSR count). The van der Waals surface area contributed by atoms with Gasteiger partial charge < -0.3 is 18.9 Å². The number of amides is 1. The zero-order valence-corrected chi connectivity index (χ0v) is 18.3. The highest BCUT2D eigenvalue weighted by Gasteiger charge is 2.24. The topological polar surface area (TPSA) is 80.9 Å². The molecule has 0 radical (unpaired) electrons. The van der Waals surface area contributed by atoms with Gasteiger partial charge in [-0.15, -0.1) is 0 Å². The van der Waals surface area contributed by atoms with Crippen LogP contribution in [-0.4, -0.2) is 66.2 Å². The fourth-order valence-electron chi connectivity index (χ4n) is 3.58. The molecule has 168 valence electrons. The number of carbonyl (C=O) groups excluding carboxylic acids is 1. The molecule has 9 heteroatoms. The van der Waals surface area contributed by atoms with E-state index >= 15 is 0 Å². The lowest BCUT2D eigenvalue weighted by Crippen LogP contribution is -2.48. The zero-order valence-electron chi connectivity index (χ0n) is 18.3. The minimum atomic E-state index is -0.303. The van der Waals surface area contributed by atoms with Crippen LogP contribution in [0, 0.1) is 12.7 Å². The number of halogens is 1. The number of methoxy groups -OCH3 is 2. The Morgan fingerprint density at radius 1 is 1.06 bits per heavy atom. The number of rotatable bonds is 6. The monoisotopic (exact) mass is 440 g/mol. The predicted molar refractivity (Wildman–Crippen MR) is 115 cm³/mol. The van der Waals surface area contributed by atoms with Crippen molar-refractivity contribution in [2.75, 3.05) is 40.4 Å². The second-order valence-electron chi connectivity index (χ2n) is 7.65. The fraction of sp³-hybridized carbons (Fsp3) is 0.348. The third-order valence-corrected chi connectivity index (χ3v) is 5.51. The fourth-order valence-corrected chi connectivity index (χ4v) is 3.58. The van der Waals surface area contributed by atoms with E-state index in [2.05, 4.69) is 15.0 Å². The Balaban J connectivity index is 1.36. The molecule has 1 aliphatic rings. The number of carbonyl (C=O) groups is 1. The Kier molecular flexibility index (Phi) is 6.36. The number of ether oxygens (including phenoxy) is 2. The van der Waals surface area contributed by atoms with Gasteiger partial charge in [0.1, 0.15) is 17.3 Å². The quantitative estimate of drug-likeness (QED) is 0.582. The molecule has 0 spiro atoms. The predicted octanol–water partition coefficient (Wildman–Crippen LogP) is 3.16. The first-order chi connectivity index (χ1) is 15.5. The molecule has 1 aliphatic heterocycles. The van der Waals surface area contributed by atoms with E-state index in [0.717, 1.165) is 0 Å². The number of aryl methyl sites for hydroxylation is 1. The highest BCUT2D eigenvalue weighted by molar-refractivity contribution is 5.95. The first kappa shape index (κ1) is 21.8. The van der Waals surface area contributed by atoms with Crippen LogP contribution in [0.1, 0.15) is 21.8 Å². The Morgan fingerprint density at radius 2 is 1.75 bits per heavy atom. The lowest BCUT2D eigenvalue weighted by Gasteiger charge is -2.34. The van der Waals surface area contributed by atoms with Crippen molar-refractivity contribution >= 4 is 5.91 Å². The Morgan fingerprint density at radius 3 is 2.38 bits per heavy atom. The second-order valence-corrected chi connectivity index (χ2v) is 7.65. The molecule has 1 amide bonds. The number of hydrogen-bond donors (Lipinski definition) is 0. The normalized spacial score (nSPS) is 14.4. The van der Waals surface area contributed by atoms with Gasteiger partial charge in [0.15, 0.2) is 0 Å². The first-order valence-corrected chi connectivity index (χ1v) is 10.3. The van der Waals surface area contributed by atoms with Gasteiger partial charge >= 0.3 is 0 Å². The van der Waals surface area contributed by atoms with Gasteiger partial charge in [0.25, 0.3) is 5.91 Å². The highest BCUT2D eigenvalue weighted by Crippen LogP contribution is 2.24. The summed E-state index contributed by atoms with van der Waals surface area (Å²) >= 11 is 0. The lowest BCUT2D eigenvalue weighted by atomic mass is 10.1. The summed E-state index contributed by atoms with van der Waals surface area (Å²) in [5.41, 5.74) is 1.67. The van der Waals surface area contributed by atoms with Crippen LogP contribution < -0.4 is 9.47 Å². The molecule has 0 atom stereocenters. The van der Waals surface area contributed by atoms with E-state index in [9.17, 15) is 9.18 Å². The molecule has 1 fully saturated rings. The molecule has 1 aromatic heterocycles. The van der Waals surface area contributed by atoms with E-state index in [0.29, 0.717) is 72.6 Å². The van der Waals surface area contributed by atoms with Crippen LogP contribution in [0.25, 0.3) is 11.4 Å². The van der Waals surface area contributed by atoms with Crippen molar-refractivity contribution in [2.45, 2.75) is 13.5 Å². The van der Waals surface area contributed by atoms with Crippen LogP contribution >= 0.6 is 0 Å². The summed E-state index contributed by atoms with van der Waals surface area (Å²) in [5, 5.41) is 3.97.